The highest BCUT2D eigenvalue weighted by atomic mass is 32.2. The van der Waals surface area contributed by atoms with E-state index in [9.17, 15) is 13.2 Å². The van der Waals surface area contributed by atoms with Gasteiger partial charge in [-0.05, 0) is 18.9 Å². The zero-order valence-corrected chi connectivity index (χ0v) is 14.9. The Labute approximate surface area is 145 Å². The molecule has 0 radical (unpaired) electrons. The highest BCUT2D eigenvalue weighted by Gasteiger charge is 2.33. The average Bonchev–Trinajstić information content (AvgIpc) is 3.14. The SMILES string of the molecule is Cn1cc([C@H]2OCCC[C@@H]2NS(=O)(=O)c2cc(C(N)=O)n(C)c2)cn1. The summed E-state index contributed by atoms with van der Waals surface area (Å²) in [6, 6.07) is 0.855. The minimum absolute atomic E-state index is 0.000639. The number of nitrogens with two attached hydrogens (primary N) is 1. The molecule has 0 saturated carbocycles. The third-order valence-corrected chi connectivity index (χ3v) is 5.68. The lowest BCUT2D eigenvalue weighted by atomic mass is 9.99. The van der Waals surface area contributed by atoms with Gasteiger partial charge in [0.25, 0.3) is 5.91 Å². The molecule has 0 unspecified atom stereocenters. The summed E-state index contributed by atoms with van der Waals surface area (Å²) in [5.41, 5.74) is 6.20. The molecule has 9 nitrogen and oxygen atoms in total. The molecule has 1 aliphatic heterocycles. The van der Waals surface area contributed by atoms with Crippen LogP contribution in [0, 0.1) is 0 Å². The molecule has 3 heterocycles. The van der Waals surface area contributed by atoms with Gasteiger partial charge in [-0.2, -0.15) is 5.10 Å². The summed E-state index contributed by atoms with van der Waals surface area (Å²) in [7, 11) is -0.452. The van der Waals surface area contributed by atoms with Gasteiger partial charge in [-0.25, -0.2) is 13.1 Å². The molecule has 0 bridgehead atoms. The van der Waals surface area contributed by atoms with Crippen molar-refractivity contribution >= 4 is 15.9 Å². The summed E-state index contributed by atoms with van der Waals surface area (Å²) in [4.78, 5) is 11.3. The maximum atomic E-state index is 12.7. The van der Waals surface area contributed by atoms with Crippen LogP contribution in [0.3, 0.4) is 0 Å². The van der Waals surface area contributed by atoms with Crippen molar-refractivity contribution in [2.75, 3.05) is 6.61 Å². The van der Waals surface area contributed by atoms with Gasteiger partial charge in [0.15, 0.2) is 0 Å². The fourth-order valence-electron chi connectivity index (χ4n) is 3.01. The van der Waals surface area contributed by atoms with E-state index in [1.165, 1.54) is 16.8 Å². The van der Waals surface area contributed by atoms with Crippen molar-refractivity contribution in [3.63, 3.8) is 0 Å². The first-order valence-electron chi connectivity index (χ1n) is 7.86. The van der Waals surface area contributed by atoms with E-state index in [4.69, 9.17) is 10.5 Å². The molecular formula is C15H21N5O4S. The van der Waals surface area contributed by atoms with Crippen LogP contribution >= 0.6 is 0 Å². The van der Waals surface area contributed by atoms with E-state index in [2.05, 4.69) is 9.82 Å². The molecule has 0 aliphatic carbocycles. The lowest BCUT2D eigenvalue weighted by Crippen LogP contribution is -2.42. The Morgan fingerprint density at radius 2 is 2.16 bits per heavy atom. The summed E-state index contributed by atoms with van der Waals surface area (Å²) in [5, 5.41) is 4.12. The first-order chi connectivity index (χ1) is 11.8. The zero-order valence-electron chi connectivity index (χ0n) is 14.0. The largest absolute Gasteiger partial charge is 0.372 e. The van der Waals surface area contributed by atoms with Crippen LogP contribution in [0.1, 0.15) is 35.0 Å². The van der Waals surface area contributed by atoms with Gasteiger partial charge in [-0.15, -0.1) is 0 Å². The second-order valence-electron chi connectivity index (χ2n) is 6.14. The van der Waals surface area contributed by atoms with E-state index < -0.39 is 28.1 Å². The normalized spacial score (nSPS) is 21.4. The topological polar surface area (TPSA) is 121 Å². The molecule has 0 spiro atoms. The van der Waals surface area contributed by atoms with E-state index in [-0.39, 0.29) is 10.6 Å². The molecule has 136 valence electrons. The number of rotatable bonds is 5. The Hall–Kier alpha value is -2.17. The minimum Gasteiger partial charge on any atom is -0.372 e. The standard InChI is InChI=1S/C15H21N5O4S/c1-19-9-11(6-13(19)15(16)21)25(22,23)18-12-4-3-5-24-14(12)10-7-17-20(2)8-10/h6-9,12,14,18H,3-5H2,1-2H3,(H2,16,21)/t12-,14+/m0/s1. The molecule has 1 saturated heterocycles. The molecule has 2 aromatic heterocycles. The number of nitrogens with one attached hydrogen (secondary N) is 1. The Morgan fingerprint density at radius 1 is 1.40 bits per heavy atom. The summed E-state index contributed by atoms with van der Waals surface area (Å²) in [6.07, 6.45) is 5.84. The van der Waals surface area contributed by atoms with Gasteiger partial charge in [-0.3, -0.25) is 9.48 Å². The Bertz CT molecular complexity index is 886. The van der Waals surface area contributed by atoms with Crippen LogP contribution in [-0.4, -0.2) is 41.3 Å². The van der Waals surface area contributed by atoms with Crippen LogP contribution in [0.25, 0.3) is 0 Å². The molecule has 3 rings (SSSR count). The fourth-order valence-corrected chi connectivity index (χ4v) is 4.35. The second kappa shape index (κ2) is 6.62. The van der Waals surface area contributed by atoms with Gasteiger partial charge in [-0.1, -0.05) is 0 Å². The van der Waals surface area contributed by atoms with Crippen molar-refractivity contribution in [3.05, 3.63) is 35.9 Å². The highest BCUT2D eigenvalue weighted by molar-refractivity contribution is 7.89. The molecule has 2 atom stereocenters. The van der Waals surface area contributed by atoms with Crippen LogP contribution in [-0.2, 0) is 28.9 Å². The number of sulfonamides is 1. The number of amides is 1. The summed E-state index contributed by atoms with van der Waals surface area (Å²) >= 11 is 0. The fraction of sp³-hybridized carbons (Fsp3) is 0.467. The van der Waals surface area contributed by atoms with Gasteiger partial charge < -0.3 is 15.0 Å². The first-order valence-corrected chi connectivity index (χ1v) is 9.35. The van der Waals surface area contributed by atoms with Crippen molar-refractivity contribution < 1.29 is 17.9 Å². The summed E-state index contributed by atoms with van der Waals surface area (Å²) in [5.74, 6) is -0.682. The van der Waals surface area contributed by atoms with Crippen LogP contribution in [0.5, 0.6) is 0 Å². The molecule has 2 aromatic rings. The highest BCUT2D eigenvalue weighted by Crippen LogP contribution is 2.29. The van der Waals surface area contributed by atoms with E-state index in [0.29, 0.717) is 13.0 Å². The number of hydrogen-bond donors (Lipinski definition) is 2. The van der Waals surface area contributed by atoms with Crippen molar-refractivity contribution in [2.24, 2.45) is 19.8 Å². The number of nitrogens with zero attached hydrogens (tertiary/aromatic N) is 3. The van der Waals surface area contributed by atoms with Crippen molar-refractivity contribution in [2.45, 2.75) is 29.9 Å². The smallest absolute Gasteiger partial charge is 0.265 e. The molecule has 25 heavy (non-hydrogen) atoms. The maximum absolute atomic E-state index is 12.7. The number of carbonyl (C=O) groups is 1. The predicted octanol–water partition coefficient (Wildman–Crippen LogP) is 0.0561. The molecule has 3 N–H and O–H groups in total. The lowest BCUT2D eigenvalue weighted by Gasteiger charge is -2.31. The van der Waals surface area contributed by atoms with Crippen molar-refractivity contribution in [1.82, 2.24) is 19.1 Å². The van der Waals surface area contributed by atoms with Crippen molar-refractivity contribution in [3.8, 4) is 0 Å². The molecule has 0 aromatic carbocycles. The third-order valence-electron chi connectivity index (χ3n) is 4.22. The number of aromatic nitrogens is 3. The van der Waals surface area contributed by atoms with Crippen LogP contribution in [0.15, 0.2) is 29.6 Å². The first kappa shape index (κ1) is 17.6. The van der Waals surface area contributed by atoms with Crippen LogP contribution in [0.2, 0.25) is 0 Å². The van der Waals surface area contributed by atoms with E-state index in [1.54, 1.807) is 25.0 Å². The molecular weight excluding hydrogens is 346 g/mol. The summed E-state index contributed by atoms with van der Waals surface area (Å²) in [6.45, 7) is 0.564. The zero-order chi connectivity index (χ0) is 18.2. The number of carbonyl (C=O) groups excluding carboxylic acids is 1. The Balaban J connectivity index is 1.85. The number of aryl methyl sites for hydroxylation is 2. The second-order valence-corrected chi connectivity index (χ2v) is 7.86. The molecule has 1 fully saturated rings. The van der Waals surface area contributed by atoms with E-state index in [1.807, 2.05) is 6.20 Å². The molecule has 1 amide bonds. The minimum atomic E-state index is -3.82. The van der Waals surface area contributed by atoms with Gasteiger partial charge >= 0.3 is 0 Å². The van der Waals surface area contributed by atoms with Gasteiger partial charge in [0.1, 0.15) is 16.7 Å². The van der Waals surface area contributed by atoms with Crippen LogP contribution < -0.4 is 10.5 Å². The molecule has 1 aliphatic rings. The quantitative estimate of drug-likeness (QED) is 0.774. The predicted molar refractivity (Wildman–Crippen MR) is 89.2 cm³/mol. The number of primary amides is 1. The van der Waals surface area contributed by atoms with E-state index in [0.717, 1.165) is 12.0 Å². The number of hydrogen-bond acceptors (Lipinski definition) is 5. The van der Waals surface area contributed by atoms with Gasteiger partial charge in [0.2, 0.25) is 10.0 Å². The average molecular weight is 367 g/mol. The Morgan fingerprint density at radius 3 is 2.76 bits per heavy atom. The van der Waals surface area contributed by atoms with Gasteiger partial charge in [0.05, 0.1) is 12.2 Å². The lowest BCUT2D eigenvalue weighted by molar-refractivity contribution is -0.00446. The Kier molecular flexibility index (Phi) is 4.67. The van der Waals surface area contributed by atoms with Crippen LogP contribution in [0.4, 0.5) is 0 Å². The molecule has 10 heteroatoms. The van der Waals surface area contributed by atoms with Crippen molar-refractivity contribution in [1.29, 1.82) is 0 Å². The number of ether oxygens (including phenoxy) is 1. The van der Waals surface area contributed by atoms with E-state index >= 15 is 0 Å². The maximum Gasteiger partial charge on any atom is 0.265 e. The third kappa shape index (κ3) is 3.60. The van der Waals surface area contributed by atoms with Gasteiger partial charge in [0, 0.05) is 38.7 Å². The summed E-state index contributed by atoms with van der Waals surface area (Å²) < 4.78 is 37.0. The monoisotopic (exact) mass is 367 g/mol.